The van der Waals surface area contributed by atoms with E-state index in [0.29, 0.717) is 19.7 Å². The molecule has 4 heteroatoms. The summed E-state index contributed by atoms with van der Waals surface area (Å²) in [4.78, 5) is 14.5. The van der Waals surface area contributed by atoms with Crippen LogP contribution in [-0.4, -0.2) is 25.6 Å². The highest BCUT2D eigenvalue weighted by Crippen LogP contribution is 2.27. The zero-order valence-electron chi connectivity index (χ0n) is 13.0. The van der Waals surface area contributed by atoms with E-state index in [1.165, 1.54) is 0 Å². The van der Waals surface area contributed by atoms with E-state index in [1.54, 1.807) is 0 Å². The van der Waals surface area contributed by atoms with Crippen molar-refractivity contribution in [1.29, 1.82) is 0 Å². The van der Waals surface area contributed by atoms with Gasteiger partial charge in [0.05, 0.1) is 0 Å². The first-order valence-corrected chi connectivity index (χ1v) is 7.68. The number of ether oxygens (including phenoxy) is 1. The summed E-state index contributed by atoms with van der Waals surface area (Å²) in [6, 6.07) is 15.4. The lowest BCUT2D eigenvalue weighted by Crippen LogP contribution is -2.37. The van der Waals surface area contributed by atoms with Crippen LogP contribution in [0.25, 0.3) is 0 Å². The number of hydrogen-bond donors (Lipinski definition) is 1. The number of amides is 1. The maximum atomic E-state index is 12.7. The van der Waals surface area contributed by atoms with Crippen LogP contribution in [0, 0.1) is 0 Å². The van der Waals surface area contributed by atoms with E-state index in [1.807, 2.05) is 53.4 Å². The predicted molar refractivity (Wildman–Crippen MR) is 92.0 cm³/mol. The fraction of sp³-hybridized carbons (Fsp3) is 0.211. The van der Waals surface area contributed by atoms with E-state index < -0.39 is 0 Å². The second-order valence-corrected chi connectivity index (χ2v) is 5.60. The number of fused-ring (bicyclic) bond motifs is 1. The molecule has 1 aliphatic rings. The maximum Gasteiger partial charge on any atom is 0.258 e. The lowest BCUT2D eigenvalue weighted by Gasteiger charge is -2.29. The lowest BCUT2D eigenvalue weighted by molar-refractivity contribution is 0.0980. The minimum atomic E-state index is 0.0374. The molecule has 3 rings (SSSR count). The Kier molecular flexibility index (Phi) is 4.44. The minimum absolute atomic E-state index is 0.0374. The number of nitrogens with two attached hydrogens (primary N) is 1. The van der Waals surface area contributed by atoms with Gasteiger partial charge in [0, 0.05) is 24.3 Å². The Morgan fingerprint density at radius 1 is 1.22 bits per heavy atom. The van der Waals surface area contributed by atoms with Gasteiger partial charge < -0.3 is 15.4 Å². The molecule has 1 amide bonds. The van der Waals surface area contributed by atoms with Gasteiger partial charge >= 0.3 is 0 Å². The minimum Gasteiger partial charge on any atom is -0.489 e. The first-order valence-electron chi connectivity index (χ1n) is 7.68. The highest BCUT2D eigenvalue weighted by atomic mass is 16.5. The Labute approximate surface area is 136 Å². The van der Waals surface area contributed by atoms with E-state index in [2.05, 4.69) is 6.58 Å². The Morgan fingerprint density at radius 2 is 2.00 bits per heavy atom. The molecular formula is C19H20N2O2. The zero-order valence-corrected chi connectivity index (χ0v) is 13.0. The van der Waals surface area contributed by atoms with Gasteiger partial charge in [-0.2, -0.15) is 0 Å². The van der Waals surface area contributed by atoms with Gasteiger partial charge in [0.2, 0.25) is 0 Å². The summed E-state index contributed by atoms with van der Waals surface area (Å²) in [5, 5.41) is 0. The molecule has 0 saturated heterocycles. The lowest BCUT2D eigenvalue weighted by atomic mass is 9.98. The van der Waals surface area contributed by atoms with E-state index in [4.69, 9.17) is 10.5 Å². The molecule has 1 aliphatic heterocycles. The van der Waals surface area contributed by atoms with E-state index >= 15 is 0 Å². The van der Waals surface area contributed by atoms with Crippen molar-refractivity contribution in [1.82, 2.24) is 0 Å². The number of carbonyl (C=O) groups excluding carboxylic acids is 1. The molecule has 2 aromatic carbocycles. The van der Waals surface area contributed by atoms with Crippen molar-refractivity contribution in [3.8, 4) is 5.75 Å². The van der Waals surface area contributed by atoms with Crippen LogP contribution < -0.4 is 15.4 Å². The van der Waals surface area contributed by atoms with Gasteiger partial charge in [0.15, 0.2) is 0 Å². The molecule has 0 spiro atoms. The largest absolute Gasteiger partial charge is 0.489 e. The van der Waals surface area contributed by atoms with Gasteiger partial charge in [-0.25, -0.2) is 0 Å². The summed E-state index contributed by atoms with van der Waals surface area (Å²) in [6.45, 7) is 5.31. The fourth-order valence-electron chi connectivity index (χ4n) is 2.65. The molecule has 0 aromatic heterocycles. The van der Waals surface area contributed by atoms with Crippen molar-refractivity contribution in [3.63, 3.8) is 0 Å². The third-order valence-electron chi connectivity index (χ3n) is 3.96. The molecule has 0 unspecified atom stereocenters. The molecule has 23 heavy (non-hydrogen) atoms. The van der Waals surface area contributed by atoms with Crippen LogP contribution in [-0.2, 0) is 6.42 Å². The van der Waals surface area contributed by atoms with Crippen molar-refractivity contribution >= 4 is 11.6 Å². The first-order chi connectivity index (χ1) is 11.2. The van der Waals surface area contributed by atoms with Crippen molar-refractivity contribution in [2.75, 3.05) is 24.6 Å². The Balaban J connectivity index is 1.79. The second-order valence-electron chi connectivity index (χ2n) is 5.60. The average Bonchev–Trinajstić information content (AvgIpc) is 2.60. The molecule has 2 aromatic rings. The monoisotopic (exact) mass is 308 g/mol. The Hall–Kier alpha value is -2.59. The molecule has 0 atom stereocenters. The molecule has 4 nitrogen and oxygen atoms in total. The van der Waals surface area contributed by atoms with Crippen LogP contribution >= 0.6 is 0 Å². The van der Waals surface area contributed by atoms with E-state index in [0.717, 1.165) is 34.6 Å². The third-order valence-corrected chi connectivity index (χ3v) is 3.96. The van der Waals surface area contributed by atoms with Crippen LogP contribution in [0.15, 0.2) is 60.7 Å². The van der Waals surface area contributed by atoms with Crippen LogP contribution in [0.1, 0.15) is 15.9 Å². The summed E-state index contributed by atoms with van der Waals surface area (Å²) in [5.41, 5.74) is 9.05. The summed E-state index contributed by atoms with van der Waals surface area (Å²) >= 11 is 0. The summed E-state index contributed by atoms with van der Waals surface area (Å²) in [5.74, 6) is 0.787. The summed E-state index contributed by atoms with van der Waals surface area (Å²) in [6.07, 6.45) is 0.811. The van der Waals surface area contributed by atoms with Crippen LogP contribution in [0.3, 0.4) is 0 Å². The SMILES string of the molecule is C=C(CN)COc1ccc2c(c1)CCN(c1ccccc1)C2=O. The number of rotatable bonds is 5. The number of hydrogen-bond acceptors (Lipinski definition) is 3. The van der Waals surface area contributed by atoms with Gasteiger partial charge in [0.1, 0.15) is 12.4 Å². The number of nitrogens with zero attached hydrogens (tertiary/aromatic N) is 1. The fourth-order valence-corrected chi connectivity index (χ4v) is 2.65. The zero-order chi connectivity index (χ0) is 16.2. The molecule has 0 bridgehead atoms. The van der Waals surface area contributed by atoms with Crippen molar-refractivity contribution in [3.05, 3.63) is 71.8 Å². The molecule has 0 fully saturated rings. The van der Waals surface area contributed by atoms with Crippen LogP contribution in [0.5, 0.6) is 5.75 Å². The molecule has 0 aliphatic carbocycles. The first kappa shape index (κ1) is 15.3. The van der Waals surface area contributed by atoms with Gasteiger partial charge in [-0.1, -0.05) is 24.8 Å². The molecule has 118 valence electrons. The maximum absolute atomic E-state index is 12.7. The number of carbonyl (C=O) groups is 1. The second kappa shape index (κ2) is 6.67. The summed E-state index contributed by atoms with van der Waals surface area (Å²) in [7, 11) is 0. The van der Waals surface area contributed by atoms with E-state index in [-0.39, 0.29) is 5.91 Å². The van der Waals surface area contributed by atoms with Crippen LogP contribution in [0.4, 0.5) is 5.69 Å². The number of para-hydroxylation sites is 1. The molecule has 0 saturated carbocycles. The Bertz CT molecular complexity index is 725. The Morgan fingerprint density at radius 3 is 2.74 bits per heavy atom. The average molecular weight is 308 g/mol. The quantitative estimate of drug-likeness (QED) is 0.864. The van der Waals surface area contributed by atoms with Gasteiger partial charge in [-0.3, -0.25) is 4.79 Å². The van der Waals surface area contributed by atoms with Gasteiger partial charge in [-0.15, -0.1) is 0 Å². The van der Waals surface area contributed by atoms with Crippen molar-refractivity contribution in [2.24, 2.45) is 5.73 Å². The normalized spacial score (nSPS) is 13.6. The third kappa shape index (κ3) is 3.27. The van der Waals surface area contributed by atoms with Gasteiger partial charge in [-0.05, 0) is 47.9 Å². The topological polar surface area (TPSA) is 55.6 Å². The number of benzene rings is 2. The van der Waals surface area contributed by atoms with E-state index in [9.17, 15) is 4.79 Å². The summed E-state index contributed by atoms with van der Waals surface area (Å²) < 4.78 is 5.67. The van der Waals surface area contributed by atoms with Crippen molar-refractivity contribution < 1.29 is 9.53 Å². The smallest absolute Gasteiger partial charge is 0.258 e. The highest BCUT2D eigenvalue weighted by Gasteiger charge is 2.25. The van der Waals surface area contributed by atoms with Crippen molar-refractivity contribution in [2.45, 2.75) is 6.42 Å². The molecular weight excluding hydrogens is 288 g/mol. The standard InChI is InChI=1S/C19H20N2O2/c1-14(12-20)13-23-17-7-8-18-15(11-17)9-10-21(19(18)22)16-5-3-2-4-6-16/h2-8,11H,1,9-10,12-13,20H2. The number of anilines is 1. The van der Waals surface area contributed by atoms with Crippen LogP contribution in [0.2, 0.25) is 0 Å². The van der Waals surface area contributed by atoms with Gasteiger partial charge in [0.25, 0.3) is 5.91 Å². The highest BCUT2D eigenvalue weighted by molar-refractivity contribution is 6.08. The molecule has 2 N–H and O–H groups in total. The molecule has 1 heterocycles. The molecule has 0 radical (unpaired) electrons. The predicted octanol–water partition coefficient (Wildman–Crippen LogP) is 2.78.